The molecule has 1 atom stereocenters. The number of anilines is 2. The molecule has 0 saturated heterocycles. The molecule has 1 aromatic heterocycles. The second kappa shape index (κ2) is 8.54. The molecule has 0 radical (unpaired) electrons. The number of imidazole rings is 1. The number of ether oxygens (including phenoxy) is 2. The number of hydrogen-bond donors (Lipinski definition) is 1. The highest BCUT2D eigenvalue weighted by Crippen LogP contribution is 2.36. The third-order valence-electron chi connectivity index (χ3n) is 5.17. The molecular weight excluding hydrogens is 384 g/mol. The number of carbonyl (C=O) groups is 2. The number of fused-ring (bicyclic) bond motifs is 3. The first-order chi connectivity index (χ1) is 14.6. The SMILES string of the molecule is COCCCN1C(=O)[C@H](CC(=O)Nc2ccccc2OC)n2c1nc1ccccc12. The summed E-state index contributed by atoms with van der Waals surface area (Å²) in [6.45, 7) is 1.03. The van der Waals surface area contributed by atoms with Crippen molar-refractivity contribution in [3.8, 4) is 5.75 Å². The van der Waals surface area contributed by atoms with Crippen LogP contribution in [-0.2, 0) is 14.3 Å². The van der Waals surface area contributed by atoms with Crippen LogP contribution in [0.1, 0.15) is 18.9 Å². The summed E-state index contributed by atoms with van der Waals surface area (Å²) in [5.74, 6) is 0.751. The molecule has 30 heavy (non-hydrogen) atoms. The second-order valence-corrected chi connectivity index (χ2v) is 7.08. The van der Waals surface area contributed by atoms with Gasteiger partial charge in [0.2, 0.25) is 11.9 Å². The molecule has 2 amide bonds. The van der Waals surface area contributed by atoms with E-state index in [9.17, 15) is 9.59 Å². The van der Waals surface area contributed by atoms with E-state index >= 15 is 0 Å². The molecule has 3 aromatic rings. The Morgan fingerprint density at radius 2 is 1.90 bits per heavy atom. The molecule has 1 N–H and O–H groups in total. The topological polar surface area (TPSA) is 85.7 Å². The zero-order valence-electron chi connectivity index (χ0n) is 17.0. The number of benzene rings is 2. The summed E-state index contributed by atoms with van der Waals surface area (Å²) in [6.07, 6.45) is 0.691. The standard InChI is InChI=1S/C22H24N4O4/c1-29-13-7-12-25-21(28)18(26-17-10-5-3-8-15(17)24-22(25)26)14-20(27)23-16-9-4-6-11-19(16)30-2/h3-6,8-11,18H,7,12-14H2,1-2H3,(H,23,27)/t18-/m0/s1. The Morgan fingerprint density at radius 1 is 1.13 bits per heavy atom. The van der Waals surface area contributed by atoms with E-state index in [2.05, 4.69) is 10.3 Å². The van der Waals surface area contributed by atoms with E-state index in [0.717, 1.165) is 11.0 Å². The summed E-state index contributed by atoms with van der Waals surface area (Å²) in [5, 5.41) is 2.86. The molecule has 0 unspecified atom stereocenters. The molecule has 0 bridgehead atoms. The molecule has 1 aliphatic heterocycles. The summed E-state index contributed by atoms with van der Waals surface area (Å²) in [5.41, 5.74) is 2.21. The second-order valence-electron chi connectivity index (χ2n) is 7.08. The number of nitrogens with one attached hydrogen (secondary N) is 1. The molecule has 4 rings (SSSR count). The van der Waals surface area contributed by atoms with Crippen molar-refractivity contribution in [3.63, 3.8) is 0 Å². The van der Waals surface area contributed by atoms with Gasteiger partial charge in [0.05, 0.1) is 30.3 Å². The van der Waals surface area contributed by atoms with Crippen molar-refractivity contribution < 1.29 is 19.1 Å². The lowest BCUT2D eigenvalue weighted by molar-refractivity contribution is -0.124. The van der Waals surface area contributed by atoms with E-state index in [-0.39, 0.29) is 18.2 Å². The van der Waals surface area contributed by atoms with Crippen LogP contribution in [0.4, 0.5) is 11.6 Å². The molecular formula is C22H24N4O4. The maximum absolute atomic E-state index is 13.2. The number of aromatic nitrogens is 2. The Morgan fingerprint density at radius 3 is 2.70 bits per heavy atom. The van der Waals surface area contributed by atoms with Crippen LogP contribution in [0.3, 0.4) is 0 Å². The number of carbonyl (C=O) groups excluding carboxylic acids is 2. The monoisotopic (exact) mass is 408 g/mol. The molecule has 0 spiro atoms. The third kappa shape index (κ3) is 3.61. The normalized spacial score (nSPS) is 15.5. The quantitative estimate of drug-likeness (QED) is 0.579. The maximum atomic E-state index is 13.2. The summed E-state index contributed by atoms with van der Waals surface area (Å²) >= 11 is 0. The highest BCUT2D eigenvalue weighted by Gasteiger charge is 2.40. The van der Waals surface area contributed by atoms with E-state index in [1.807, 2.05) is 41.0 Å². The molecule has 0 aliphatic carbocycles. The van der Waals surface area contributed by atoms with Gasteiger partial charge in [0.15, 0.2) is 0 Å². The largest absolute Gasteiger partial charge is 0.495 e. The van der Waals surface area contributed by atoms with Crippen LogP contribution in [-0.4, -0.2) is 48.7 Å². The number of amides is 2. The molecule has 2 heterocycles. The van der Waals surface area contributed by atoms with Gasteiger partial charge in [-0.2, -0.15) is 0 Å². The first-order valence-electron chi connectivity index (χ1n) is 9.84. The van der Waals surface area contributed by atoms with Crippen LogP contribution >= 0.6 is 0 Å². The third-order valence-corrected chi connectivity index (χ3v) is 5.17. The fourth-order valence-electron chi connectivity index (χ4n) is 3.80. The summed E-state index contributed by atoms with van der Waals surface area (Å²) in [6, 6.07) is 14.2. The molecule has 8 nitrogen and oxygen atoms in total. The summed E-state index contributed by atoms with van der Waals surface area (Å²) in [7, 11) is 3.18. The Kier molecular flexibility index (Phi) is 5.67. The van der Waals surface area contributed by atoms with Crippen molar-refractivity contribution in [2.45, 2.75) is 18.9 Å². The average molecular weight is 408 g/mol. The van der Waals surface area contributed by atoms with E-state index in [1.165, 1.54) is 0 Å². The van der Waals surface area contributed by atoms with Gasteiger partial charge in [-0.15, -0.1) is 0 Å². The van der Waals surface area contributed by atoms with Crippen LogP contribution < -0.4 is 15.0 Å². The first kappa shape index (κ1) is 19.9. The maximum Gasteiger partial charge on any atom is 0.253 e. The number of nitrogens with zero attached hydrogens (tertiary/aromatic N) is 3. The smallest absolute Gasteiger partial charge is 0.253 e. The zero-order chi connectivity index (χ0) is 21.1. The average Bonchev–Trinajstić information content (AvgIpc) is 3.24. The van der Waals surface area contributed by atoms with Gasteiger partial charge in [-0.05, 0) is 30.7 Å². The van der Waals surface area contributed by atoms with Gasteiger partial charge in [-0.3, -0.25) is 19.1 Å². The van der Waals surface area contributed by atoms with Gasteiger partial charge >= 0.3 is 0 Å². The summed E-state index contributed by atoms with van der Waals surface area (Å²) < 4.78 is 12.3. The van der Waals surface area contributed by atoms with Gasteiger partial charge in [-0.25, -0.2) is 4.98 Å². The highest BCUT2D eigenvalue weighted by molar-refractivity contribution is 6.05. The Labute approximate surface area is 174 Å². The van der Waals surface area contributed by atoms with Crippen molar-refractivity contribution in [1.29, 1.82) is 0 Å². The number of rotatable bonds is 8. The zero-order valence-corrected chi connectivity index (χ0v) is 17.0. The van der Waals surface area contributed by atoms with Crippen LogP contribution in [0.15, 0.2) is 48.5 Å². The highest BCUT2D eigenvalue weighted by atomic mass is 16.5. The summed E-state index contributed by atoms with van der Waals surface area (Å²) in [4.78, 5) is 32.3. The number of methoxy groups -OCH3 is 2. The fourth-order valence-corrected chi connectivity index (χ4v) is 3.80. The molecule has 1 aliphatic rings. The Hall–Kier alpha value is -3.39. The number of hydrogen-bond acceptors (Lipinski definition) is 5. The predicted molar refractivity (Wildman–Crippen MR) is 114 cm³/mol. The van der Waals surface area contributed by atoms with Gasteiger partial charge in [0.1, 0.15) is 11.8 Å². The van der Waals surface area contributed by atoms with Gasteiger partial charge in [-0.1, -0.05) is 24.3 Å². The minimum Gasteiger partial charge on any atom is -0.495 e. The predicted octanol–water partition coefficient (Wildman–Crippen LogP) is 3.00. The van der Waals surface area contributed by atoms with E-state index in [0.29, 0.717) is 37.0 Å². The lowest BCUT2D eigenvalue weighted by Gasteiger charge is -2.16. The minimum absolute atomic E-state index is 0.00497. The van der Waals surface area contributed by atoms with Crippen LogP contribution in [0.25, 0.3) is 11.0 Å². The van der Waals surface area contributed by atoms with Gasteiger partial charge in [0.25, 0.3) is 5.91 Å². The lowest BCUT2D eigenvalue weighted by Crippen LogP contribution is -2.32. The van der Waals surface area contributed by atoms with Gasteiger partial charge in [0, 0.05) is 20.3 Å². The van der Waals surface area contributed by atoms with E-state index in [1.54, 1.807) is 31.3 Å². The molecule has 2 aromatic carbocycles. The minimum atomic E-state index is -0.648. The van der Waals surface area contributed by atoms with E-state index < -0.39 is 6.04 Å². The molecule has 156 valence electrons. The lowest BCUT2D eigenvalue weighted by atomic mass is 10.1. The Balaban J connectivity index is 1.61. The number of para-hydroxylation sites is 4. The van der Waals surface area contributed by atoms with Crippen LogP contribution in [0.2, 0.25) is 0 Å². The fraction of sp³-hybridized carbons (Fsp3) is 0.318. The van der Waals surface area contributed by atoms with Crippen molar-refractivity contribution in [2.75, 3.05) is 37.6 Å². The van der Waals surface area contributed by atoms with Crippen LogP contribution in [0.5, 0.6) is 5.75 Å². The van der Waals surface area contributed by atoms with Crippen molar-refractivity contribution in [3.05, 3.63) is 48.5 Å². The van der Waals surface area contributed by atoms with Crippen LogP contribution in [0, 0.1) is 0 Å². The Bertz CT molecular complexity index is 1080. The van der Waals surface area contributed by atoms with Crippen molar-refractivity contribution in [2.24, 2.45) is 0 Å². The van der Waals surface area contributed by atoms with E-state index in [4.69, 9.17) is 9.47 Å². The molecule has 8 heteroatoms. The van der Waals surface area contributed by atoms with Gasteiger partial charge < -0.3 is 14.8 Å². The van der Waals surface area contributed by atoms with Crippen molar-refractivity contribution in [1.82, 2.24) is 9.55 Å². The van der Waals surface area contributed by atoms with Crippen molar-refractivity contribution >= 4 is 34.5 Å². The first-order valence-corrected chi connectivity index (χ1v) is 9.84. The molecule has 0 saturated carbocycles. The molecule has 0 fully saturated rings.